The quantitative estimate of drug-likeness (QED) is 0.588. The van der Waals surface area contributed by atoms with Gasteiger partial charge in [0.05, 0.1) is 5.56 Å². The third-order valence-electron chi connectivity index (χ3n) is 2.88. The number of hydrogen-bond acceptors (Lipinski definition) is 4. The minimum Gasteiger partial charge on any atom is -0.484 e. The zero-order valence-corrected chi connectivity index (χ0v) is 12.1. The molecular formula is C16H17N3O3. The topological polar surface area (TPSA) is 93.5 Å². The highest BCUT2D eigenvalue weighted by atomic mass is 16.5. The van der Waals surface area contributed by atoms with Crippen molar-refractivity contribution < 1.29 is 14.3 Å². The summed E-state index contributed by atoms with van der Waals surface area (Å²) in [6.45, 7) is 1.73. The second-order valence-electron chi connectivity index (χ2n) is 4.69. The summed E-state index contributed by atoms with van der Waals surface area (Å²) in [5.74, 6) is -0.361. The molecule has 114 valence electrons. The van der Waals surface area contributed by atoms with Crippen molar-refractivity contribution in [3.8, 4) is 5.75 Å². The highest BCUT2D eigenvalue weighted by molar-refractivity contribution is 5.99. The molecule has 0 aromatic heterocycles. The summed E-state index contributed by atoms with van der Waals surface area (Å²) in [4.78, 5) is 23.5. The summed E-state index contributed by atoms with van der Waals surface area (Å²) in [7, 11) is 0. The second-order valence-corrected chi connectivity index (χ2v) is 4.69. The zero-order chi connectivity index (χ0) is 15.9. The first kappa shape index (κ1) is 15.4. The van der Waals surface area contributed by atoms with Gasteiger partial charge >= 0.3 is 0 Å². The molecule has 0 bridgehead atoms. The Hall–Kier alpha value is -3.02. The number of hydrazine groups is 1. The number of nitrogens with two attached hydrogens (primary N) is 1. The van der Waals surface area contributed by atoms with Gasteiger partial charge in [0, 0.05) is 5.69 Å². The Morgan fingerprint density at radius 1 is 1.09 bits per heavy atom. The molecule has 0 aliphatic rings. The number of nitrogen functional groups attached to an aromatic ring is 1. The number of rotatable bonds is 4. The van der Waals surface area contributed by atoms with Gasteiger partial charge in [0.15, 0.2) is 6.61 Å². The maximum atomic E-state index is 11.8. The van der Waals surface area contributed by atoms with Crippen LogP contribution in [0, 0.1) is 6.92 Å². The molecule has 0 aliphatic heterocycles. The lowest BCUT2D eigenvalue weighted by Gasteiger charge is -2.10. The van der Waals surface area contributed by atoms with E-state index in [0.717, 1.165) is 5.56 Å². The summed E-state index contributed by atoms with van der Waals surface area (Å²) in [5, 5.41) is 0. The van der Waals surface area contributed by atoms with Gasteiger partial charge in [-0.3, -0.25) is 20.4 Å². The number of hydrogen-bond donors (Lipinski definition) is 3. The van der Waals surface area contributed by atoms with Crippen LogP contribution in [-0.2, 0) is 4.79 Å². The Labute approximate surface area is 128 Å². The second kappa shape index (κ2) is 7.12. The largest absolute Gasteiger partial charge is 0.484 e. The molecule has 0 spiro atoms. The van der Waals surface area contributed by atoms with Crippen molar-refractivity contribution in [1.29, 1.82) is 0 Å². The molecule has 2 amide bonds. The summed E-state index contributed by atoms with van der Waals surface area (Å²) < 4.78 is 5.32. The van der Waals surface area contributed by atoms with Crippen LogP contribution < -0.4 is 21.3 Å². The van der Waals surface area contributed by atoms with E-state index in [1.807, 2.05) is 25.1 Å². The van der Waals surface area contributed by atoms with Gasteiger partial charge in [-0.15, -0.1) is 0 Å². The number of benzene rings is 2. The molecule has 4 N–H and O–H groups in total. The SMILES string of the molecule is Cc1cccc(OCC(=O)NNC(=O)c2ccccc2N)c1. The first-order valence-corrected chi connectivity index (χ1v) is 6.69. The average Bonchev–Trinajstić information content (AvgIpc) is 2.51. The third kappa shape index (κ3) is 4.24. The fraction of sp³-hybridized carbons (Fsp3) is 0.125. The van der Waals surface area contributed by atoms with Gasteiger partial charge in [-0.1, -0.05) is 24.3 Å². The lowest BCUT2D eigenvalue weighted by molar-refractivity contribution is -0.123. The molecule has 0 aliphatic carbocycles. The van der Waals surface area contributed by atoms with E-state index in [9.17, 15) is 9.59 Å². The lowest BCUT2D eigenvalue weighted by atomic mass is 10.2. The standard InChI is InChI=1S/C16H17N3O3/c1-11-5-4-6-12(9-11)22-10-15(20)18-19-16(21)13-7-2-3-8-14(13)17/h2-9H,10,17H2,1H3,(H,18,20)(H,19,21). The number of aryl methyl sites for hydroxylation is 1. The average molecular weight is 299 g/mol. The highest BCUT2D eigenvalue weighted by Crippen LogP contribution is 2.12. The molecule has 6 nitrogen and oxygen atoms in total. The minimum absolute atomic E-state index is 0.200. The number of carbonyl (C=O) groups excluding carboxylic acids is 2. The molecule has 2 rings (SSSR count). The van der Waals surface area contributed by atoms with Gasteiger partial charge in [-0.05, 0) is 36.8 Å². The predicted octanol–water partition coefficient (Wildman–Crippen LogP) is 1.42. The highest BCUT2D eigenvalue weighted by Gasteiger charge is 2.10. The Morgan fingerprint density at radius 3 is 2.59 bits per heavy atom. The maximum absolute atomic E-state index is 11.8. The van der Waals surface area contributed by atoms with E-state index in [1.54, 1.807) is 30.3 Å². The molecule has 2 aromatic carbocycles. The van der Waals surface area contributed by atoms with E-state index in [1.165, 1.54) is 0 Å². The van der Waals surface area contributed by atoms with E-state index < -0.39 is 11.8 Å². The van der Waals surface area contributed by atoms with Gasteiger partial charge in [-0.2, -0.15) is 0 Å². The Balaban J connectivity index is 1.81. The first-order chi connectivity index (χ1) is 10.6. The smallest absolute Gasteiger partial charge is 0.276 e. The Morgan fingerprint density at radius 2 is 1.86 bits per heavy atom. The summed E-state index contributed by atoms with van der Waals surface area (Å²) in [6, 6.07) is 13.9. The van der Waals surface area contributed by atoms with Crippen molar-refractivity contribution >= 4 is 17.5 Å². The van der Waals surface area contributed by atoms with Gasteiger partial charge in [0.25, 0.3) is 11.8 Å². The van der Waals surface area contributed by atoms with Crippen LogP contribution in [0.15, 0.2) is 48.5 Å². The molecular weight excluding hydrogens is 282 g/mol. The van der Waals surface area contributed by atoms with E-state index in [0.29, 0.717) is 17.0 Å². The number of carbonyl (C=O) groups is 2. The molecule has 0 atom stereocenters. The molecule has 6 heteroatoms. The lowest BCUT2D eigenvalue weighted by Crippen LogP contribution is -2.44. The summed E-state index contributed by atoms with van der Waals surface area (Å²) in [5.41, 5.74) is 11.9. The van der Waals surface area contributed by atoms with Crippen molar-refractivity contribution in [1.82, 2.24) is 10.9 Å². The summed E-state index contributed by atoms with van der Waals surface area (Å²) in [6.07, 6.45) is 0. The number of nitrogens with one attached hydrogen (secondary N) is 2. The predicted molar refractivity (Wildman–Crippen MR) is 83.1 cm³/mol. The van der Waals surface area contributed by atoms with Crippen LogP contribution in [0.5, 0.6) is 5.75 Å². The van der Waals surface area contributed by atoms with E-state index in [-0.39, 0.29) is 6.61 Å². The van der Waals surface area contributed by atoms with Gasteiger partial charge in [-0.25, -0.2) is 0 Å². The zero-order valence-electron chi connectivity index (χ0n) is 12.1. The van der Waals surface area contributed by atoms with Crippen molar-refractivity contribution in [3.63, 3.8) is 0 Å². The van der Waals surface area contributed by atoms with E-state index >= 15 is 0 Å². The number of amides is 2. The Bertz CT molecular complexity index is 686. The monoisotopic (exact) mass is 299 g/mol. The van der Waals surface area contributed by atoms with E-state index in [4.69, 9.17) is 10.5 Å². The molecule has 0 radical (unpaired) electrons. The molecule has 0 unspecified atom stereocenters. The van der Waals surface area contributed by atoms with Crippen LogP contribution >= 0.6 is 0 Å². The molecule has 0 heterocycles. The normalized spacial score (nSPS) is 9.86. The minimum atomic E-state index is -0.484. The van der Waals surface area contributed by atoms with E-state index in [2.05, 4.69) is 10.9 Å². The van der Waals surface area contributed by atoms with Crippen LogP contribution in [0.1, 0.15) is 15.9 Å². The van der Waals surface area contributed by atoms with Gasteiger partial charge in [0.2, 0.25) is 0 Å². The molecule has 22 heavy (non-hydrogen) atoms. The third-order valence-corrected chi connectivity index (χ3v) is 2.88. The van der Waals surface area contributed by atoms with Crippen LogP contribution in [0.4, 0.5) is 5.69 Å². The fourth-order valence-corrected chi connectivity index (χ4v) is 1.79. The molecule has 0 saturated carbocycles. The summed E-state index contributed by atoms with van der Waals surface area (Å²) >= 11 is 0. The number of ether oxygens (including phenoxy) is 1. The van der Waals surface area contributed by atoms with Crippen molar-refractivity contribution in [3.05, 3.63) is 59.7 Å². The van der Waals surface area contributed by atoms with Gasteiger partial charge in [0.1, 0.15) is 5.75 Å². The first-order valence-electron chi connectivity index (χ1n) is 6.69. The molecule has 2 aromatic rings. The number of anilines is 1. The van der Waals surface area contributed by atoms with Crippen LogP contribution in [0.3, 0.4) is 0 Å². The molecule has 0 saturated heterocycles. The maximum Gasteiger partial charge on any atom is 0.276 e. The van der Waals surface area contributed by atoms with Crippen LogP contribution in [0.25, 0.3) is 0 Å². The fourth-order valence-electron chi connectivity index (χ4n) is 1.79. The van der Waals surface area contributed by atoms with Crippen LogP contribution in [-0.4, -0.2) is 18.4 Å². The number of para-hydroxylation sites is 1. The van der Waals surface area contributed by atoms with Crippen molar-refractivity contribution in [2.24, 2.45) is 0 Å². The molecule has 0 fully saturated rings. The Kier molecular flexibility index (Phi) is 4.98. The van der Waals surface area contributed by atoms with Crippen molar-refractivity contribution in [2.45, 2.75) is 6.92 Å². The van der Waals surface area contributed by atoms with Crippen molar-refractivity contribution in [2.75, 3.05) is 12.3 Å². The van der Waals surface area contributed by atoms with Gasteiger partial charge < -0.3 is 10.5 Å². The van der Waals surface area contributed by atoms with Crippen LogP contribution in [0.2, 0.25) is 0 Å².